The Bertz CT molecular complexity index is 902. The van der Waals surface area contributed by atoms with Crippen LogP contribution in [-0.4, -0.2) is 21.4 Å². The first-order valence-corrected chi connectivity index (χ1v) is 9.52. The molecule has 2 aromatic carbocycles. The number of hydrogen-bond donors (Lipinski definition) is 1. The van der Waals surface area contributed by atoms with Gasteiger partial charge in [-0.2, -0.15) is 16.8 Å². The fraction of sp³-hybridized carbons (Fsp3) is 0.0769. The largest absolute Gasteiger partial charge is 0.377 e. The van der Waals surface area contributed by atoms with Gasteiger partial charge >= 0.3 is 10.1 Å². The third-order valence-corrected chi connectivity index (χ3v) is 5.35. The fourth-order valence-corrected chi connectivity index (χ4v) is 3.51. The van der Waals surface area contributed by atoms with Crippen molar-refractivity contribution in [2.24, 2.45) is 0 Å². The quantitative estimate of drug-likeness (QED) is 0.618. The van der Waals surface area contributed by atoms with Crippen molar-refractivity contribution >= 4 is 36.2 Å². The van der Waals surface area contributed by atoms with Crippen LogP contribution in [0.5, 0.6) is 5.75 Å². The van der Waals surface area contributed by atoms with E-state index in [-0.39, 0.29) is 4.90 Å². The van der Waals surface area contributed by atoms with Crippen molar-refractivity contribution in [2.75, 3.05) is 0 Å². The summed E-state index contributed by atoms with van der Waals surface area (Å²) in [6, 6.07) is 9.36. The number of rotatable bonds is 4. The zero-order valence-electron chi connectivity index (χ0n) is 11.2. The molecular formula is C13H11BrO6S2. The van der Waals surface area contributed by atoms with Gasteiger partial charge in [-0.05, 0) is 48.9 Å². The second-order valence-corrected chi connectivity index (χ2v) is 8.27. The van der Waals surface area contributed by atoms with Crippen LogP contribution in [0.15, 0.2) is 56.7 Å². The van der Waals surface area contributed by atoms with Gasteiger partial charge in [0.05, 0.1) is 0 Å². The summed E-state index contributed by atoms with van der Waals surface area (Å²) in [6.07, 6.45) is 0. The van der Waals surface area contributed by atoms with Gasteiger partial charge in [0.25, 0.3) is 10.1 Å². The lowest BCUT2D eigenvalue weighted by Crippen LogP contribution is -2.12. The van der Waals surface area contributed by atoms with Gasteiger partial charge in [-0.25, -0.2) is 0 Å². The van der Waals surface area contributed by atoms with Crippen LogP contribution in [0.4, 0.5) is 0 Å². The summed E-state index contributed by atoms with van der Waals surface area (Å²) in [5, 5.41) is 0. The van der Waals surface area contributed by atoms with Crippen molar-refractivity contribution in [3.05, 3.63) is 52.5 Å². The molecule has 0 unspecified atom stereocenters. The van der Waals surface area contributed by atoms with E-state index in [0.29, 0.717) is 10.0 Å². The van der Waals surface area contributed by atoms with E-state index >= 15 is 0 Å². The minimum atomic E-state index is -4.61. The van der Waals surface area contributed by atoms with Gasteiger partial charge in [0.1, 0.15) is 9.79 Å². The maximum Gasteiger partial charge on any atom is 0.339 e. The predicted octanol–water partition coefficient (Wildman–Crippen LogP) is 2.77. The van der Waals surface area contributed by atoms with Gasteiger partial charge < -0.3 is 4.18 Å². The molecule has 0 spiro atoms. The second kappa shape index (κ2) is 5.99. The van der Waals surface area contributed by atoms with E-state index in [0.717, 1.165) is 6.07 Å². The second-order valence-electron chi connectivity index (χ2n) is 4.42. The smallest absolute Gasteiger partial charge is 0.339 e. The van der Waals surface area contributed by atoms with Gasteiger partial charge in [-0.15, -0.1) is 0 Å². The molecule has 0 heterocycles. The summed E-state index contributed by atoms with van der Waals surface area (Å²) in [7, 11) is -8.83. The molecule has 1 N–H and O–H groups in total. The maximum atomic E-state index is 12.2. The molecule has 0 bridgehead atoms. The summed E-state index contributed by atoms with van der Waals surface area (Å²) in [4.78, 5) is -0.753. The first kappa shape index (κ1) is 16.9. The van der Waals surface area contributed by atoms with Gasteiger partial charge in [-0.3, -0.25) is 4.55 Å². The lowest BCUT2D eigenvalue weighted by molar-refractivity contribution is 0.463. The minimum Gasteiger partial charge on any atom is -0.377 e. The average molecular weight is 407 g/mol. The van der Waals surface area contributed by atoms with Gasteiger partial charge in [0, 0.05) is 4.47 Å². The molecule has 0 aliphatic heterocycles. The molecular weight excluding hydrogens is 396 g/mol. The molecule has 0 amide bonds. The summed E-state index contributed by atoms with van der Waals surface area (Å²) in [5.41, 5.74) is 0.577. The van der Waals surface area contributed by atoms with Crippen molar-refractivity contribution in [3.8, 4) is 5.75 Å². The molecule has 6 nitrogen and oxygen atoms in total. The molecule has 2 aromatic rings. The molecule has 0 atom stereocenters. The van der Waals surface area contributed by atoms with E-state index in [9.17, 15) is 16.8 Å². The minimum absolute atomic E-state index is 0.140. The van der Waals surface area contributed by atoms with Crippen LogP contribution in [0.25, 0.3) is 0 Å². The maximum absolute atomic E-state index is 12.2. The molecule has 0 aliphatic rings. The molecule has 0 fully saturated rings. The Kier molecular flexibility index (Phi) is 4.62. The van der Waals surface area contributed by atoms with Gasteiger partial charge in [0.2, 0.25) is 0 Å². The van der Waals surface area contributed by atoms with E-state index in [1.165, 1.54) is 36.4 Å². The third-order valence-electron chi connectivity index (χ3n) is 2.68. The molecule has 22 heavy (non-hydrogen) atoms. The Morgan fingerprint density at radius 2 is 1.59 bits per heavy atom. The Morgan fingerprint density at radius 1 is 1.00 bits per heavy atom. The fourth-order valence-electron chi connectivity index (χ4n) is 1.66. The molecule has 0 aromatic heterocycles. The van der Waals surface area contributed by atoms with Crippen LogP contribution in [0.2, 0.25) is 0 Å². The average Bonchev–Trinajstić information content (AvgIpc) is 2.37. The zero-order chi connectivity index (χ0) is 16.5. The van der Waals surface area contributed by atoms with Crippen molar-refractivity contribution in [2.45, 2.75) is 16.7 Å². The summed E-state index contributed by atoms with van der Waals surface area (Å²) in [5.74, 6) is -0.453. The highest BCUT2D eigenvalue weighted by Gasteiger charge is 2.23. The van der Waals surface area contributed by atoms with E-state index in [4.69, 9.17) is 8.74 Å². The summed E-state index contributed by atoms with van der Waals surface area (Å²) >= 11 is 3.18. The van der Waals surface area contributed by atoms with Crippen molar-refractivity contribution in [1.29, 1.82) is 0 Å². The predicted molar refractivity (Wildman–Crippen MR) is 82.9 cm³/mol. The van der Waals surface area contributed by atoms with Crippen LogP contribution >= 0.6 is 15.9 Å². The number of aryl methyl sites for hydroxylation is 1. The van der Waals surface area contributed by atoms with E-state index < -0.39 is 30.9 Å². The third kappa shape index (κ3) is 3.86. The Balaban J connectivity index is 2.50. The van der Waals surface area contributed by atoms with Crippen molar-refractivity contribution in [1.82, 2.24) is 0 Å². The molecule has 0 saturated carbocycles. The Labute approximate surface area is 136 Å². The Morgan fingerprint density at radius 3 is 2.14 bits per heavy atom. The SMILES string of the molecule is Cc1ccc(S(=O)(=O)O)c(OS(=O)(=O)c2ccc(Br)cc2)c1. The van der Waals surface area contributed by atoms with E-state index in [1.54, 1.807) is 6.92 Å². The van der Waals surface area contributed by atoms with Crippen LogP contribution in [0.1, 0.15) is 5.56 Å². The molecule has 0 radical (unpaired) electrons. The first-order chi connectivity index (χ1) is 10.1. The van der Waals surface area contributed by atoms with Crippen LogP contribution in [0.3, 0.4) is 0 Å². The molecule has 9 heteroatoms. The monoisotopic (exact) mass is 406 g/mol. The number of benzene rings is 2. The normalized spacial score (nSPS) is 12.1. The zero-order valence-corrected chi connectivity index (χ0v) is 14.4. The highest BCUT2D eigenvalue weighted by molar-refractivity contribution is 9.10. The van der Waals surface area contributed by atoms with Crippen LogP contribution in [-0.2, 0) is 20.2 Å². The van der Waals surface area contributed by atoms with Gasteiger partial charge in [-0.1, -0.05) is 22.0 Å². The highest BCUT2D eigenvalue weighted by atomic mass is 79.9. The molecule has 118 valence electrons. The van der Waals surface area contributed by atoms with Crippen LogP contribution < -0.4 is 4.18 Å². The first-order valence-electron chi connectivity index (χ1n) is 5.88. The van der Waals surface area contributed by atoms with Gasteiger partial charge in [0.15, 0.2) is 5.75 Å². The molecule has 2 rings (SSSR count). The summed E-state index contributed by atoms with van der Waals surface area (Å²) < 4.78 is 61.7. The van der Waals surface area contributed by atoms with Crippen LogP contribution in [0, 0.1) is 6.92 Å². The number of hydrogen-bond acceptors (Lipinski definition) is 5. The van der Waals surface area contributed by atoms with Crippen molar-refractivity contribution in [3.63, 3.8) is 0 Å². The van der Waals surface area contributed by atoms with E-state index in [2.05, 4.69) is 15.9 Å². The Hall–Kier alpha value is -1.42. The topological polar surface area (TPSA) is 97.7 Å². The standard InChI is InChI=1S/C13H11BrO6S2/c1-9-2-7-13(21(15,16)17)12(8-9)20-22(18,19)11-5-3-10(14)4-6-11/h2-8H,1H3,(H,15,16,17). The van der Waals surface area contributed by atoms with Crippen molar-refractivity contribution < 1.29 is 25.6 Å². The number of halogens is 1. The molecule has 0 saturated heterocycles. The summed E-state index contributed by atoms with van der Waals surface area (Å²) in [6.45, 7) is 1.63. The lowest BCUT2D eigenvalue weighted by Gasteiger charge is -2.10. The van der Waals surface area contributed by atoms with E-state index in [1.807, 2.05) is 0 Å². The highest BCUT2D eigenvalue weighted by Crippen LogP contribution is 2.28. The lowest BCUT2D eigenvalue weighted by atomic mass is 10.2. The molecule has 0 aliphatic carbocycles.